The van der Waals surface area contributed by atoms with Gasteiger partial charge in [-0.25, -0.2) is 0 Å². The minimum Gasteiger partial charge on any atom is -0.330 e. The van der Waals surface area contributed by atoms with Crippen LogP contribution in [0.4, 0.5) is 0 Å². The van der Waals surface area contributed by atoms with Crippen LogP contribution in [0.1, 0.15) is 32.3 Å². The summed E-state index contributed by atoms with van der Waals surface area (Å²) in [4.78, 5) is 6.49. The highest BCUT2D eigenvalue weighted by molar-refractivity contribution is 5.07. The van der Waals surface area contributed by atoms with E-state index in [1.807, 2.05) is 18.5 Å². The fourth-order valence-electron chi connectivity index (χ4n) is 2.28. The lowest BCUT2D eigenvalue weighted by molar-refractivity contribution is 0.278. The molecule has 0 aromatic carbocycles. The van der Waals surface area contributed by atoms with Crippen LogP contribution >= 0.6 is 0 Å². The lowest BCUT2D eigenvalue weighted by Gasteiger charge is -2.21. The first-order valence-electron chi connectivity index (χ1n) is 6.89. The summed E-state index contributed by atoms with van der Waals surface area (Å²) in [5.41, 5.74) is 7.10. The van der Waals surface area contributed by atoms with Crippen molar-refractivity contribution in [2.24, 2.45) is 17.6 Å². The third-order valence-corrected chi connectivity index (χ3v) is 3.23. The van der Waals surface area contributed by atoms with E-state index in [4.69, 9.17) is 5.73 Å². The molecule has 2 N–H and O–H groups in total. The molecule has 1 atom stereocenters. The van der Waals surface area contributed by atoms with E-state index in [1.54, 1.807) is 0 Å². The summed E-state index contributed by atoms with van der Waals surface area (Å²) in [6, 6.07) is 4.11. The number of nitrogens with two attached hydrogens (primary N) is 1. The van der Waals surface area contributed by atoms with Crippen molar-refractivity contribution in [3.63, 3.8) is 0 Å². The zero-order valence-electron chi connectivity index (χ0n) is 12.0. The molecule has 1 rings (SSSR count). The van der Waals surface area contributed by atoms with Crippen molar-refractivity contribution in [3.05, 3.63) is 30.1 Å². The molecule has 0 aliphatic rings. The number of nitrogens with zero attached hydrogens (tertiary/aromatic N) is 2. The molecule has 0 radical (unpaired) electrons. The zero-order valence-corrected chi connectivity index (χ0v) is 12.0. The maximum absolute atomic E-state index is 5.83. The van der Waals surface area contributed by atoms with Crippen LogP contribution in [0.3, 0.4) is 0 Å². The molecule has 0 saturated carbocycles. The maximum Gasteiger partial charge on any atom is 0.0312 e. The van der Waals surface area contributed by atoms with Gasteiger partial charge in [0.1, 0.15) is 0 Å². The number of hydrogen-bond acceptors (Lipinski definition) is 3. The van der Waals surface area contributed by atoms with Crippen molar-refractivity contribution < 1.29 is 0 Å². The molecular weight excluding hydrogens is 222 g/mol. The molecule has 18 heavy (non-hydrogen) atoms. The van der Waals surface area contributed by atoms with Gasteiger partial charge in [-0.3, -0.25) is 4.98 Å². The molecule has 3 nitrogen and oxygen atoms in total. The highest BCUT2D eigenvalue weighted by Crippen LogP contribution is 2.15. The molecule has 0 aliphatic heterocycles. The Kier molecular flexibility index (Phi) is 6.91. The van der Waals surface area contributed by atoms with Crippen molar-refractivity contribution in [1.29, 1.82) is 0 Å². The zero-order chi connectivity index (χ0) is 13.4. The highest BCUT2D eigenvalue weighted by Gasteiger charge is 2.10. The van der Waals surface area contributed by atoms with Crippen LogP contribution in [0, 0.1) is 11.8 Å². The van der Waals surface area contributed by atoms with Gasteiger partial charge in [-0.2, -0.15) is 0 Å². The lowest BCUT2D eigenvalue weighted by atomic mass is 9.94. The third-order valence-electron chi connectivity index (χ3n) is 3.23. The van der Waals surface area contributed by atoms with Gasteiger partial charge in [-0.15, -0.1) is 0 Å². The summed E-state index contributed by atoms with van der Waals surface area (Å²) in [5.74, 6) is 1.39. The fourth-order valence-corrected chi connectivity index (χ4v) is 2.28. The minimum atomic E-state index is 0.654. The van der Waals surface area contributed by atoms with Crippen LogP contribution in [0.5, 0.6) is 0 Å². The molecule has 1 aromatic heterocycles. The number of pyridine rings is 1. The highest BCUT2D eigenvalue weighted by atomic mass is 15.1. The predicted octanol–water partition coefficient (Wildman–Crippen LogP) is 2.52. The summed E-state index contributed by atoms with van der Waals surface area (Å²) >= 11 is 0. The van der Waals surface area contributed by atoms with Crippen LogP contribution < -0.4 is 5.73 Å². The van der Waals surface area contributed by atoms with Gasteiger partial charge >= 0.3 is 0 Å². The van der Waals surface area contributed by atoms with Crippen LogP contribution in [-0.2, 0) is 6.54 Å². The van der Waals surface area contributed by atoms with Crippen LogP contribution in [0.15, 0.2) is 24.5 Å². The molecule has 0 spiro atoms. The van der Waals surface area contributed by atoms with Crippen molar-refractivity contribution in [2.45, 2.75) is 33.2 Å². The first kappa shape index (κ1) is 15.1. The Balaban J connectivity index is 2.29. The second-order valence-electron chi connectivity index (χ2n) is 5.62. The second kappa shape index (κ2) is 8.22. The van der Waals surface area contributed by atoms with Crippen molar-refractivity contribution in [3.8, 4) is 0 Å². The van der Waals surface area contributed by atoms with E-state index in [9.17, 15) is 0 Å². The number of hydrogen-bond donors (Lipinski definition) is 1. The molecule has 0 bridgehead atoms. The Morgan fingerprint density at radius 2 is 2.17 bits per heavy atom. The van der Waals surface area contributed by atoms with E-state index in [-0.39, 0.29) is 0 Å². The van der Waals surface area contributed by atoms with Gasteiger partial charge in [0.25, 0.3) is 0 Å². The van der Waals surface area contributed by atoms with Gasteiger partial charge in [0.2, 0.25) is 0 Å². The number of rotatable bonds is 8. The minimum absolute atomic E-state index is 0.654. The SMILES string of the molecule is CC(C)CC(CN)CCN(C)Cc1cccnc1. The molecule has 0 amide bonds. The Morgan fingerprint density at radius 1 is 1.39 bits per heavy atom. The molecule has 0 fully saturated rings. The van der Waals surface area contributed by atoms with Crippen molar-refractivity contribution in [2.75, 3.05) is 20.1 Å². The number of aromatic nitrogens is 1. The van der Waals surface area contributed by atoms with E-state index in [2.05, 4.69) is 36.8 Å². The monoisotopic (exact) mass is 249 g/mol. The topological polar surface area (TPSA) is 42.1 Å². The average molecular weight is 249 g/mol. The fraction of sp³-hybridized carbons (Fsp3) is 0.667. The predicted molar refractivity (Wildman–Crippen MR) is 77.2 cm³/mol. The molecule has 1 heterocycles. The maximum atomic E-state index is 5.83. The molecule has 3 heteroatoms. The standard InChI is InChI=1S/C15H27N3/c1-13(2)9-14(10-16)6-8-18(3)12-15-5-4-7-17-11-15/h4-5,7,11,13-14H,6,8-10,12,16H2,1-3H3. The van der Waals surface area contributed by atoms with Crippen LogP contribution in [0.25, 0.3) is 0 Å². The molecular formula is C15H27N3. The van der Waals surface area contributed by atoms with E-state index >= 15 is 0 Å². The van der Waals surface area contributed by atoms with Crippen LogP contribution in [-0.4, -0.2) is 30.0 Å². The van der Waals surface area contributed by atoms with Gasteiger partial charge in [0.05, 0.1) is 0 Å². The first-order valence-corrected chi connectivity index (χ1v) is 6.89. The normalized spacial score (nSPS) is 13.2. The second-order valence-corrected chi connectivity index (χ2v) is 5.62. The first-order chi connectivity index (χ1) is 8.61. The summed E-state index contributed by atoms with van der Waals surface area (Å²) in [6.07, 6.45) is 6.17. The van der Waals surface area contributed by atoms with E-state index < -0.39 is 0 Å². The van der Waals surface area contributed by atoms with Crippen molar-refractivity contribution >= 4 is 0 Å². The quantitative estimate of drug-likeness (QED) is 0.770. The van der Waals surface area contributed by atoms with Gasteiger partial charge < -0.3 is 10.6 Å². The molecule has 0 saturated heterocycles. The van der Waals surface area contributed by atoms with Crippen LogP contribution in [0.2, 0.25) is 0 Å². The summed E-state index contributed by atoms with van der Waals surface area (Å²) in [5, 5.41) is 0. The average Bonchev–Trinajstić information content (AvgIpc) is 2.35. The van der Waals surface area contributed by atoms with E-state index in [1.165, 1.54) is 18.4 Å². The molecule has 0 aliphatic carbocycles. The Morgan fingerprint density at radius 3 is 2.72 bits per heavy atom. The van der Waals surface area contributed by atoms with Gasteiger partial charge in [0.15, 0.2) is 0 Å². The lowest BCUT2D eigenvalue weighted by Crippen LogP contribution is -2.25. The Labute approximate surface area is 111 Å². The van der Waals surface area contributed by atoms with Gasteiger partial charge in [-0.05, 0) is 56.4 Å². The smallest absolute Gasteiger partial charge is 0.0312 e. The summed E-state index contributed by atoms with van der Waals surface area (Å²) < 4.78 is 0. The third kappa shape index (κ3) is 6.12. The van der Waals surface area contributed by atoms with E-state index in [0.717, 1.165) is 25.6 Å². The summed E-state index contributed by atoms with van der Waals surface area (Å²) in [6.45, 7) is 7.40. The molecule has 102 valence electrons. The van der Waals surface area contributed by atoms with E-state index in [0.29, 0.717) is 5.92 Å². The molecule has 1 aromatic rings. The van der Waals surface area contributed by atoms with Crippen molar-refractivity contribution in [1.82, 2.24) is 9.88 Å². The van der Waals surface area contributed by atoms with Gasteiger partial charge in [0, 0.05) is 18.9 Å². The Hall–Kier alpha value is -0.930. The Bertz CT molecular complexity index is 311. The largest absolute Gasteiger partial charge is 0.330 e. The van der Waals surface area contributed by atoms with Gasteiger partial charge in [-0.1, -0.05) is 19.9 Å². The summed E-state index contributed by atoms with van der Waals surface area (Å²) in [7, 11) is 2.16. The molecule has 1 unspecified atom stereocenters.